The highest BCUT2D eigenvalue weighted by atomic mass is 16.3. The SMILES string of the molecule is CN(c1nccnc1C#N)C1CCCCC1O. The van der Waals surface area contributed by atoms with E-state index in [1.54, 1.807) is 6.20 Å². The summed E-state index contributed by atoms with van der Waals surface area (Å²) < 4.78 is 0. The minimum absolute atomic E-state index is 0.0348. The monoisotopic (exact) mass is 232 g/mol. The van der Waals surface area contributed by atoms with Crippen molar-refractivity contribution in [2.24, 2.45) is 0 Å². The summed E-state index contributed by atoms with van der Waals surface area (Å²) in [7, 11) is 1.87. The molecule has 1 fully saturated rings. The van der Waals surface area contributed by atoms with Crippen LogP contribution in [0.25, 0.3) is 0 Å². The van der Waals surface area contributed by atoms with Crippen LogP contribution in [0.4, 0.5) is 5.82 Å². The average Bonchev–Trinajstić information content (AvgIpc) is 2.38. The fourth-order valence-corrected chi connectivity index (χ4v) is 2.37. The molecule has 0 bridgehead atoms. The molecule has 0 spiro atoms. The third kappa shape index (κ3) is 2.37. The summed E-state index contributed by atoms with van der Waals surface area (Å²) >= 11 is 0. The molecule has 90 valence electrons. The maximum absolute atomic E-state index is 9.99. The number of anilines is 1. The average molecular weight is 232 g/mol. The molecule has 17 heavy (non-hydrogen) atoms. The molecule has 1 heterocycles. The van der Waals surface area contributed by atoms with Gasteiger partial charge >= 0.3 is 0 Å². The van der Waals surface area contributed by atoms with Gasteiger partial charge in [-0.25, -0.2) is 9.97 Å². The molecule has 1 aromatic rings. The lowest BCUT2D eigenvalue weighted by atomic mass is 9.91. The lowest BCUT2D eigenvalue weighted by Gasteiger charge is -2.35. The van der Waals surface area contributed by atoms with Crippen LogP contribution in [-0.4, -0.2) is 34.3 Å². The van der Waals surface area contributed by atoms with Gasteiger partial charge in [-0.05, 0) is 12.8 Å². The van der Waals surface area contributed by atoms with Gasteiger partial charge in [-0.2, -0.15) is 5.26 Å². The number of nitrogens with zero attached hydrogens (tertiary/aromatic N) is 4. The highest BCUT2D eigenvalue weighted by molar-refractivity contribution is 5.49. The fraction of sp³-hybridized carbons (Fsp3) is 0.583. The third-order valence-electron chi connectivity index (χ3n) is 3.31. The van der Waals surface area contributed by atoms with Crippen molar-refractivity contribution in [2.75, 3.05) is 11.9 Å². The first-order valence-corrected chi connectivity index (χ1v) is 5.86. The highest BCUT2D eigenvalue weighted by Gasteiger charge is 2.28. The zero-order valence-corrected chi connectivity index (χ0v) is 9.87. The Morgan fingerprint density at radius 1 is 1.35 bits per heavy atom. The van der Waals surface area contributed by atoms with Gasteiger partial charge in [0.25, 0.3) is 0 Å². The van der Waals surface area contributed by atoms with Crippen molar-refractivity contribution in [3.63, 3.8) is 0 Å². The topological polar surface area (TPSA) is 73.0 Å². The second-order valence-corrected chi connectivity index (χ2v) is 4.37. The Hall–Kier alpha value is -1.67. The van der Waals surface area contributed by atoms with Gasteiger partial charge in [0.2, 0.25) is 0 Å². The van der Waals surface area contributed by atoms with Crippen molar-refractivity contribution in [1.82, 2.24) is 9.97 Å². The zero-order valence-electron chi connectivity index (χ0n) is 9.87. The molecule has 0 amide bonds. The van der Waals surface area contributed by atoms with E-state index in [1.807, 2.05) is 18.0 Å². The molecule has 0 aliphatic heterocycles. The summed E-state index contributed by atoms with van der Waals surface area (Å²) in [6.45, 7) is 0. The second-order valence-electron chi connectivity index (χ2n) is 4.37. The Balaban J connectivity index is 2.24. The van der Waals surface area contributed by atoms with E-state index in [0.29, 0.717) is 11.5 Å². The zero-order chi connectivity index (χ0) is 12.3. The van der Waals surface area contributed by atoms with Gasteiger partial charge in [-0.1, -0.05) is 12.8 Å². The van der Waals surface area contributed by atoms with Crippen molar-refractivity contribution in [3.8, 4) is 6.07 Å². The van der Waals surface area contributed by atoms with Gasteiger partial charge in [-0.15, -0.1) is 0 Å². The molecule has 5 heteroatoms. The van der Waals surface area contributed by atoms with Crippen LogP contribution in [0.5, 0.6) is 0 Å². The lowest BCUT2D eigenvalue weighted by molar-refractivity contribution is 0.106. The minimum Gasteiger partial charge on any atom is -0.391 e. The number of likely N-dealkylation sites (N-methyl/N-ethyl adjacent to an activating group) is 1. The van der Waals surface area contributed by atoms with Gasteiger partial charge in [0.05, 0.1) is 12.1 Å². The Morgan fingerprint density at radius 3 is 2.76 bits per heavy atom. The van der Waals surface area contributed by atoms with Crippen LogP contribution < -0.4 is 4.90 Å². The highest BCUT2D eigenvalue weighted by Crippen LogP contribution is 2.26. The van der Waals surface area contributed by atoms with Gasteiger partial charge in [0.1, 0.15) is 6.07 Å². The molecule has 1 aliphatic carbocycles. The van der Waals surface area contributed by atoms with Crippen molar-refractivity contribution in [1.29, 1.82) is 5.26 Å². The van der Waals surface area contributed by atoms with Crippen molar-refractivity contribution in [3.05, 3.63) is 18.1 Å². The number of hydrogen-bond donors (Lipinski definition) is 1. The van der Waals surface area contributed by atoms with Crippen molar-refractivity contribution < 1.29 is 5.11 Å². The van der Waals surface area contributed by atoms with Gasteiger partial charge in [0.15, 0.2) is 11.5 Å². The molecule has 0 aromatic carbocycles. The minimum atomic E-state index is -0.345. The van der Waals surface area contributed by atoms with Crippen LogP contribution in [-0.2, 0) is 0 Å². The molecule has 0 radical (unpaired) electrons. The first kappa shape index (κ1) is 11.8. The van der Waals surface area contributed by atoms with Crippen LogP contribution in [0.1, 0.15) is 31.4 Å². The van der Waals surface area contributed by atoms with E-state index >= 15 is 0 Å². The summed E-state index contributed by atoms with van der Waals surface area (Å²) in [6, 6.07) is 2.07. The van der Waals surface area contributed by atoms with Gasteiger partial charge in [-0.3, -0.25) is 0 Å². The Kier molecular flexibility index (Phi) is 3.55. The van der Waals surface area contributed by atoms with Crippen LogP contribution in [0.3, 0.4) is 0 Å². The molecular weight excluding hydrogens is 216 g/mol. The predicted molar refractivity (Wildman–Crippen MR) is 63.4 cm³/mol. The summed E-state index contributed by atoms with van der Waals surface area (Å²) in [5.74, 6) is 0.556. The number of hydrogen-bond acceptors (Lipinski definition) is 5. The van der Waals surface area contributed by atoms with E-state index in [1.165, 1.54) is 6.20 Å². The molecule has 1 aromatic heterocycles. The second kappa shape index (κ2) is 5.11. The molecule has 2 unspecified atom stereocenters. The standard InChI is InChI=1S/C12H16N4O/c1-16(10-4-2-3-5-11(10)17)12-9(8-13)14-6-7-15-12/h6-7,10-11,17H,2-5H2,1H3. The summed E-state index contributed by atoms with van der Waals surface area (Å²) in [5.41, 5.74) is 0.313. The largest absolute Gasteiger partial charge is 0.391 e. The van der Waals surface area contributed by atoms with E-state index in [9.17, 15) is 5.11 Å². The normalized spacial score (nSPS) is 24.1. The van der Waals surface area contributed by atoms with E-state index in [2.05, 4.69) is 9.97 Å². The molecule has 1 aliphatic rings. The quantitative estimate of drug-likeness (QED) is 0.826. The molecule has 2 atom stereocenters. The van der Waals surface area contributed by atoms with E-state index in [4.69, 9.17) is 5.26 Å². The first-order valence-electron chi connectivity index (χ1n) is 5.86. The Morgan fingerprint density at radius 2 is 2.06 bits per heavy atom. The number of rotatable bonds is 2. The number of aliphatic hydroxyl groups is 1. The smallest absolute Gasteiger partial charge is 0.183 e. The first-order chi connectivity index (χ1) is 8.24. The maximum atomic E-state index is 9.99. The molecule has 0 saturated heterocycles. The number of nitriles is 1. The molecule has 5 nitrogen and oxygen atoms in total. The van der Waals surface area contributed by atoms with E-state index in [-0.39, 0.29) is 12.1 Å². The van der Waals surface area contributed by atoms with Gasteiger partial charge < -0.3 is 10.0 Å². The summed E-state index contributed by atoms with van der Waals surface area (Å²) in [5, 5.41) is 19.0. The molecule has 1 N–H and O–H groups in total. The molecule has 1 saturated carbocycles. The lowest BCUT2D eigenvalue weighted by Crippen LogP contribution is -2.44. The predicted octanol–water partition coefficient (Wildman–Crippen LogP) is 1.09. The van der Waals surface area contributed by atoms with Crippen molar-refractivity contribution >= 4 is 5.82 Å². The van der Waals surface area contributed by atoms with E-state index < -0.39 is 0 Å². The third-order valence-corrected chi connectivity index (χ3v) is 3.31. The van der Waals surface area contributed by atoms with E-state index in [0.717, 1.165) is 25.7 Å². The Labute approximate surface area is 101 Å². The number of aliphatic hydroxyl groups excluding tert-OH is 1. The fourth-order valence-electron chi connectivity index (χ4n) is 2.37. The number of aromatic nitrogens is 2. The van der Waals surface area contributed by atoms with Crippen LogP contribution in [0, 0.1) is 11.3 Å². The van der Waals surface area contributed by atoms with Crippen LogP contribution in [0.2, 0.25) is 0 Å². The Bertz CT molecular complexity index is 429. The molecular formula is C12H16N4O. The van der Waals surface area contributed by atoms with Crippen LogP contribution in [0.15, 0.2) is 12.4 Å². The molecule has 2 rings (SSSR count). The maximum Gasteiger partial charge on any atom is 0.183 e. The van der Waals surface area contributed by atoms with Crippen LogP contribution >= 0.6 is 0 Å². The van der Waals surface area contributed by atoms with Gasteiger partial charge in [0, 0.05) is 19.4 Å². The summed E-state index contributed by atoms with van der Waals surface area (Å²) in [4.78, 5) is 10.1. The summed E-state index contributed by atoms with van der Waals surface area (Å²) in [6.07, 6.45) is 6.65. The van der Waals surface area contributed by atoms with Crippen molar-refractivity contribution in [2.45, 2.75) is 37.8 Å².